The minimum absolute atomic E-state index is 0.0302. The Hall–Kier alpha value is -6.62. The summed E-state index contributed by atoms with van der Waals surface area (Å²) in [6.45, 7) is 1.02. The molecule has 0 unspecified atom stereocenters. The van der Waals surface area contributed by atoms with Crippen LogP contribution in [0.2, 0.25) is 5.02 Å². The number of carboxylic acid groups (broad SMARTS) is 1. The largest absolute Gasteiger partial charge is 0.477 e. The number of aliphatic carboxylic acids is 1. The van der Waals surface area contributed by atoms with Gasteiger partial charge in [-0.1, -0.05) is 42.3 Å². The molecule has 0 spiro atoms. The molecule has 1 heterocycles. The highest BCUT2D eigenvalue weighted by Gasteiger charge is 2.39. The third-order valence-corrected chi connectivity index (χ3v) is 11.9. The molecule has 8 amide bonds. The molecule has 74 heavy (non-hydrogen) atoms. The average Bonchev–Trinajstić information content (AvgIpc) is 3.87. The molecule has 0 bridgehead atoms. The number of halogens is 1. The van der Waals surface area contributed by atoms with Crippen LogP contribution in [0.4, 0.5) is 0 Å². The molecule has 27 nitrogen and oxygen atoms in total. The number of benzene rings is 1. The fourth-order valence-electron chi connectivity index (χ4n) is 7.41. The predicted molar refractivity (Wildman–Crippen MR) is 274 cm³/mol. The highest BCUT2D eigenvalue weighted by atomic mass is 35.5. The number of hydrogen-bond donors (Lipinski definition) is 16. The third kappa shape index (κ3) is 22.2. The van der Waals surface area contributed by atoms with Gasteiger partial charge in [0.25, 0.3) is 11.8 Å². The van der Waals surface area contributed by atoms with Crippen LogP contribution in [0.1, 0.15) is 83.1 Å². The van der Waals surface area contributed by atoms with Crippen molar-refractivity contribution in [1.29, 1.82) is 5.41 Å². The molecule has 28 heteroatoms. The van der Waals surface area contributed by atoms with E-state index in [0.717, 1.165) is 0 Å². The zero-order valence-corrected chi connectivity index (χ0v) is 42.4. The van der Waals surface area contributed by atoms with Gasteiger partial charge in [-0.05, 0) is 102 Å². The van der Waals surface area contributed by atoms with E-state index in [-0.39, 0.29) is 87.8 Å². The lowest BCUT2D eigenvalue weighted by molar-refractivity contribution is -0.137. The summed E-state index contributed by atoms with van der Waals surface area (Å²) in [7, 11) is 0. The molecule has 22 N–H and O–H groups in total. The number of carbonyl (C=O) groups excluding carboxylic acids is 8. The first-order valence-electron chi connectivity index (χ1n) is 24.4. The van der Waals surface area contributed by atoms with Crippen LogP contribution in [-0.2, 0) is 49.6 Å². The van der Waals surface area contributed by atoms with E-state index in [9.17, 15) is 53.4 Å². The van der Waals surface area contributed by atoms with Crippen LogP contribution >= 0.6 is 11.6 Å². The number of aliphatic hydroxyl groups excluding tert-OH is 1. The van der Waals surface area contributed by atoms with Crippen LogP contribution in [0.3, 0.4) is 0 Å². The second-order valence-electron chi connectivity index (χ2n) is 17.4. The fourth-order valence-corrected chi connectivity index (χ4v) is 7.62. The summed E-state index contributed by atoms with van der Waals surface area (Å²) in [6.07, 6.45) is 2.39. The van der Waals surface area contributed by atoms with Crippen molar-refractivity contribution in [3.05, 3.63) is 46.6 Å². The number of hydrogen-bond acceptors (Lipinski definition) is 16. The molecule has 1 aromatic carbocycles. The van der Waals surface area contributed by atoms with Crippen LogP contribution in [0, 0.1) is 5.41 Å². The first-order valence-corrected chi connectivity index (χ1v) is 24.8. The van der Waals surface area contributed by atoms with E-state index in [4.69, 9.17) is 51.4 Å². The van der Waals surface area contributed by atoms with Gasteiger partial charge in [0.15, 0.2) is 5.96 Å². The van der Waals surface area contributed by atoms with Crippen molar-refractivity contribution in [2.45, 2.75) is 126 Å². The number of nitrogens with zero attached hydrogens (tertiary/aromatic N) is 2. The van der Waals surface area contributed by atoms with Crippen molar-refractivity contribution in [2.75, 3.05) is 45.8 Å². The third-order valence-electron chi connectivity index (χ3n) is 11.5. The average molecular weight is 1060 g/mol. The number of likely N-dealkylation sites (tertiary alicyclic amines) is 1. The number of nitrogens with one attached hydrogen (secondary N) is 8. The van der Waals surface area contributed by atoms with E-state index >= 15 is 0 Å². The van der Waals surface area contributed by atoms with E-state index in [1.807, 2.05) is 0 Å². The van der Waals surface area contributed by atoms with Gasteiger partial charge in [0.05, 0.1) is 18.7 Å². The molecule has 1 aliphatic heterocycles. The summed E-state index contributed by atoms with van der Waals surface area (Å²) in [5, 5.41) is 45.0. The minimum atomic E-state index is -1.58. The number of carbonyl (C=O) groups is 9. The number of aliphatic hydroxyl groups is 1. The number of carboxylic acids is 1. The summed E-state index contributed by atoms with van der Waals surface area (Å²) in [5.41, 5.74) is 33.4. The summed E-state index contributed by atoms with van der Waals surface area (Å²) >= 11 is 6.48. The van der Waals surface area contributed by atoms with Crippen LogP contribution < -0.4 is 71.6 Å². The molecular formula is C46H75ClN16O11. The first-order chi connectivity index (χ1) is 35.2. The molecule has 0 saturated carbocycles. The SMILES string of the molecule is C[C@H](NC(=O)[C@@H](NC(=O)[C@@H](N)CCCCN)[C@@H](O)CN)C(=O)NCC(=O)/N=C(\CCCN)C(=O)N1CCC[C@H]1C(=O)N[C@@H](Cc1ccccc1Cl)C(=O)N[C@@H](CCCCN)C(=O)N/C(=C\CCNC(=N)N)C(=O)O. The molecule has 1 aromatic rings. The van der Waals surface area contributed by atoms with E-state index in [0.29, 0.717) is 44.2 Å². The van der Waals surface area contributed by atoms with Gasteiger partial charge >= 0.3 is 5.97 Å². The highest BCUT2D eigenvalue weighted by Crippen LogP contribution is 2.21. The summed E-state index contributed by atoms with van der Waals surface area (Å²) in [4.78, 5) is 125. The molecule has 1 fully saturated rings. The number of amides is 8. The maximum atomic E-state index is 14.2. The summed E-state index contributed by atoms with van der Waals surface area (Å²) in [6, 6.07) is -1.25. The van der Waals surface area contributed by atoms with Crippen LogP contribution in [0.15, 0.2) is 41.0 Å². The van der Waals surface area contributed by atoms with Crippen molar-refractivity contribution >= 4 is 76.5 Å². The number of rotatable bonds is 33. The molecule has 0 aromatic heterocycles. The monoisotopic (exact) mass is 1060 g/mol. The van der Waals surface area contributed by atoms with Gasteiger partial charge in [-0.3, -0.25) is 43.8 Å². The Morgan fingerprint density at radius 2 is 1.50 bits per heavy atom. The van der Waals surface area contributed by atoms with E-state index in [1.165, 1.54) is 17.9 Å². The van der Waals surface area contributed by atoms with Gasteiger partial charge in [0.2, 0.25) is 35.4 Å². The second-order valence-corrected chi connectivity index (χ2v) is 17.8. The number of guanidine groups is 1. The van der Waals surface area contributed by atoms with Crippen molar-refractivity contribution in [3.8, 4) is 0 Å². The lowest BCUT2D eigenvalue weighted by Gasteiger charge is -2.28. The van der Waals surface area contributed by atoms with Gasteiger partial charge in [-0.25, -0.2) is 9.79 Å². The first kappa shape index (κ1) is 63.5. The Morgan fingerprint density at radius 1 is 0.838 bits per heavy atom. The van der Waals surface area contributed by atoms with Crippen molar-refractivity contribution < 1.29 is 53.4 Å². The molecular weight excluding hydrogens is 988 g/mol. The molecule has 0 radical (unpaired) electrons. The summed E-state index contributed by atoms with van der Waals surface area (Å²) in [5.74, 6) is -8.60. The van der Waals surface area contributed by atoms with Gasteiger partial charge < -0.3 is 86.7 Å². The zero-order chi connectivity index (χ0) is 55.3. The number of aliphatic imine (C=N–C) groups is 1. The lowest BCUT2D eigenvalue weighted by Crippen LogP contribution is -2.60. The van der Waals surface area contributed by atoms with Gasteiger partial charge in [0.1, 0.15) is 41.6 Å². The van der Waals surface area contributed by atoms with Crippen LogP contribution in [-0.4, -0.2) is 168 Å². The molecule has 1 saturated heterocycles. The predicted octanol–water partition coefficient (Wildman–Crippen LogP) is -4.48. The maximum Gasteiger partial charge on any atom is 0.352 e. The van der Waals surface area contributed by atoms with Gasteiger partial charge in [0, 0.05) is 31.1 Å². The Kier molecular flexibility index (Phi) is 29.2. The van der Waals surface area contributed by atoms with Gasteiger partial charge in [-0.15, -0.1) is 0 Å². The zero-order valence-electron chi connectivity index (χ0n) is 41.7. The van der Waals surface area contributed by atoms with E-state index in [1.54, 1.807) is 24.3 Å². The van der Waals surface area contributed by atoms with E-state index < -0.39 is 114 Å². The number of nitrogens with two attached hydrogens (primary N) is 6. The Bertz CT molecular complexity index is 2160. The summed E-state index contributed by atoms with van der Waals surface area (Å²) < 4.78 is 0. The number of unbranched alkanes of at least 4 members (excludes halogenated alkanes) is 2. The standard InChI is InChI=1S/C46H75ClN16O11/c1-26(57-43(71)37(35(64)24-51)62-39(67)29(52)13-4-6-18-48)38(66)56-25-36(65)58-31(15-8-20-50)44(72)63-22-10-17-34(63)42(70)61-33(23-27-11-2-3-12-28(27)47)41(69)59-30(14-5-7-19-49)40(68)60-32(45(73)74)16-9-21-55-46(53)54/h2-3,11-12,16,26,29-30,33-35,37,64H,4-10,13-15,17-25,48-52H2,1H3,(H,56,66)(H,57,71)(H,59,69)(H,60,68)(H,61,70)(H,62,67)(H,73,74)(H4,53,54,55)/b32-16-,58-31+/t26-,29-,30-,33-,34-,35-,37-/m0/s1. The Morgan fingerprint density at radius 3 is 2.12 bits per heavy atom. The highest BCUT2D eigenvalue weighted by molar-refractivity contribution is 6.40. The topological polar surface area (TPSA) is 474 Å². The fraction of sp³-hybridized carbons (Fsp3) is 0.587. The van der Waals surface area contributed by atoms with Crippen molar-refractivity contribution in [3.63, 3.8) is 0 Å². The molecule has 7 atom stereocenters. The van der Waals surface area contributed by atoms with Crippen molar-refractivity contribution in [2.24, 2.45) is 39.4 Å². The lowest BCUT2D eigenvalue weighted by atomic mass is 10.0. The minimum Gasteiger partial charge on any atom is -0.477 e. The smallest absolute Gasteiger partial charge is 0.352 e. The van der Waals surface area contributed by atoms with Crippen molar-refractivity contribution in [1.82, 2.24) is 42.1 Å². The normalized spacial score (nSPS) is 16.1. The molecule has 1 aliphatic rings. The van der Waals surface area contributed by atoms with Crippen LogP contribution in [0.5, 0.6) is 0 Å². The quantitative estimate of drug-likeness (QED) is 0.0137. The van der Waals surface area contributed by atoms with Crippen LogP contribution in [0.25, 0.3) is 0 Å². The van der Waals surface area contributed by atoms with Gasteiger partial charge in [-0.2, -0.15) is 0 Å². The molecule has 2 rings (SSSR count). The molecule has 412 valence electrons. The maximum absolute atomic E-state index is 14.2. The molecule has 0 aliphatic carbocycles. The Balaban J connectivity index is 2.30. The second kappa shape index (κ2) is 34.0. The Labute approximate surface area is 434 Å². The van der Waals surface area contributed by atoms with E-state index in [2.05, 4.69) is 42.2 Å².